The van der Waals surface area contributed by atoms with E-state index in [9.17, 15) is 5.11 Å². The molecular formula is C8H11NOS. The predicted octanol–water partition coefficient (Wildman–Crippen LogP) is 1.77. The lowest BCUT2D eigenvalue weighted by Gasteiger charge is -2.10. The molecule has 2 atom stereocenters. The number of hydrogen-bond donors (Lipinski definition) is 1. The van der Waals surface area contributed by atoms with Gasteiger partial charge < -0.3 is 5.11 Å². The molecule has 0 spiro atoms. The summed E-state index contributed by atoms with van der Waals surface area (Å²) in [6.07, 6.45) is 5.00. The van der Waals surface area contributed by atoms with Gasteiger partial charge in [0.1, 0.15) is 0 Å². The Bertz CT molecular complexity index is 222. The van der Waals surface area contributed by atoms with Gasteiger partial charge in [-0.15, -0.1) is 0 Å². The van der Waals surface area contributed by atoms with Crippen molar-refractivity contribution in [2.45, 2.75) is 31.3 Å². The maximum absolute atomic E-state index is 9.54. The SMILES string of the molecule is O[C@@H]1CCC[C@H]1c1cnsc1. The minimum atomic E-state index is -0.119. The highest BCUT2D eigenvalue weighted by atomic mass is 32.1. The molecule has 1 fully saturated rings. The molecular weight excluding hydrogens is 158 g/mol. The van der Waals surface area contributed by atoms with Crippen LogP contribution in [0.4, 0.5) is 0 Å². The van der Waals surface area contributed by atoms with Gasteiger partial charge in [-0.3, -0.25) is 0 Å². The fourth-order valence-electron chi connectivity index (χ4n) is 1.73. The first-order chi connectivity index (χ1) is 5.38. The molecule has 60 valence electrons. The first kappa shape index (κ1) is 7.25. The van der Waals surface area contributed by atoms with E-state index in [2.05, 4.69) is 4.37 Å². The molecule has 0 bridgehead atoms. The number of aliphatic hydroxyl groups is 1. The van der Waals surface area contributed by atoms with Crippen LogP contribution in [0.1, 0.15) is 30.7 Å². The van der Waals surface area contributed by atoms with Gasteiger partial charge in [-0.25, -0.2) is 4.37 Å². The van der Waals surface area contributed by atoms with Crippen LogP contribution in [-0.4, -0.2) is 15.6 Å². The second-order valence-electron chi connectivity index (χ2n) is 3.06. The maximum Gasteiger partial charge on any atom is 0.0609 e. The smallest absolute Gasteiger partial charge is 0.0609 e. The zero-order valence-corrected chi connectivity index (χ0v) is 7.05. The topological polar surface area (TPSA) is 33.1 Å². The highest BCUT2D eigenvalue weighted by molar-refractivity contribution is 7.03. The van der Waals surface area contributed by atoms with E-state index in [0.29, 0.717) is 5.92 Å². The van der Waals surface area contributed by atoms with Gasteiger partial charge in [-0.1, -0.05) is 6.42 Å². The molecule has 0 aliphatic heterocycles. The van der Waals surface area contributed by atoms with Crippen LogP contribution < -0.4 is 0 Å². The standard InChI is InChI=1S/C8H11NOS/c10-8-3-1-2-7(8)6-4-9-11-5-6/h4-5,7-8,10H,1-3H2/t7-,8+/m0/s1. The summed E-state index contributed by atoms with van der Waals surface area (Å²) in [5.74, 6) is 0.369. The molecule has 1 aliphatic carbocycles. The summed E-state index contributed by atoms with van der Waals surface area (Å²) in [6, 6.07) is 0. The normalized spacial score (nSPS) is 31.0. The molecule has 0 saturated heterocycles. The van der Waals surface area contributed by atoms with Crippen molar-refractivity contribution in [2.24, 2.45) is 0 Å². The fraction of sp³-hybridized carbons (Fsp3) is 0.625. The zero-order chi connectivity index (χ0) is 7.68. The van der Waals surface area contributed by atoms with E-state index in [1.165, 1.54) is 17.1 Å². The van der Waals surface area contributed by atoms with Crippen LogP contribution in [0.15, 0.2) is 11.6 Å². The van der Waals surface area contributed by atoms with Crippen LogP contribution in [0.5, 0.6) is 0 Å². The summed E-state index contributed by atoms with van der Waals surface area (Å²) in [5, 5.41) is 11.6. The molecule has 0 amide bonds. The largest absolute Gasteiger partial charge is 0.392 e. The van der Waals surface area contributed by atoms with E-state index in [1.807, 2.05) is 11.6 Å². The maximum atomic E-state index is 9.54. The van der Waals surface area contributed by atoms with Gasteiger partial charge in [0.05, 0.1) is 6.10 Å². The van der Waals surface area contributed by atoms with Crippen molar-refractivity contribution in [2.75, 3.05) is 0 Å². The molecule has 1 aromatic heterocycles. The Kier molecular flexibility index (Phi) is 1.92. The van der Waals surface area contributed by atoms with Crippen LogP contribution in [0.2, 0.25) is 0 Å². The number of aliphatic hydroxyl groups excluding tert-OH is 1. The summed E-state index contributed by atoms with van der Waals surface area (Å²) in [5.41, 5.74) is 1.22. The highest BCUT2D eigenvalue weighted by Crippen LogP contribution is 2.34. The van der Waals surface area contributed by atoms with Gasteiger partial charge in [0.15, 0.2) is 0 Å². The minimum Gasteiger partial charge on any atom is -0.392 e. The number of aromatic nitrogens is 1. The van der Waals surface area contributed by atoms with Crippen LogP contribution in [0, 0.1) is 0 Å². The van der Waals surface area contributed by atoms with Crippen LogP contribution in [0.25, 0.3) is 0 Å². The van der Waals surface area contributed by atoms with Crippen LogP contribution >= 0.6 is 11.5 Å². The van der Waals surface area contributed by atoms with Gasteiger partial charge in [0.2, 0.25) is 0 Å². The number of hydrogen-bond acceptors (Lipinski definition) is 3. The predicted molar refractivity (Wildman–Crippen MR) is 44.7 cm³/mol. The Hall–Kier alpha value is -0.410. The molecule has 2 nitrogen and oxygen atoms in total. The second-order valence-corrected chi connectivity index (χ2v) is 3.72. The van der Waals surface area contributed by atoms with E-state index in [0.717, 1.165) is 19.3 Å². The van der Waals surface area contributed by atoms with E-state index < -0.39 is 0 Å². The van der Waals surface area contributed by atoms with E-state index >= 15 is 0 Å². The van der Waals surface area contributed by atoms with E-state index in [1.54, 1.807) is 0 Å². The molecule has 2 rings (SSSR count). The Morgan fingerprint density at radius 2 is 2.45 bits per heavy atom. The van der Waals surface area contributed by atoms with Crippen molar-refractivity contribution in [3.63, 3.8) is 0 Å². The Labute approximate surface area is 70.0 Å². The summed E-state index contributed by atoms with van der Waals surface area (Å²) < 4.78 is 4.03. The van der Waals surface area contributed by atoms with Crippen molar-refractivity contribution >= 4 is 11.5 Å². The lowest BCUT2D eigenvalue weighted by molar-refractivity contribution is 0.164. The fourth-order valence-corrected chi connectivity index (χ4v) is 2.33. The van der Waals surface area contributed by atoms with Gasteiger partial charge in [0, 0.05) is 17.5 Å². The molecule has 1 N–H and O–H groups in total. The van der Waals surface area contributed by atoms with Crippen molar-refractivity contribution in [3.8, 4) is 0 Å². The van der Waals surface area contributed by atoms with E-state index in [4.69, 9.17) is 0 Å². The molecule has 3 heteroatoms. The molecule has 1 aliphatic rings. The third kappa shape index (κ3) is 1.30. The first-order valence-corrected chi connectivity index (χ1v) is 4.79. The molecule has 0 aromatic carbocycles. The Morgan fingerprint density at radius 3 is 3.00 bits per heavy atom. The molecule has 1 aromatic rings. The quantitative estimate of drug-likeness (QED) is 0.695. The average molecular weight is 169 g/mol. The summed E-state index contributed by atoms with van der Waals surface area (Å²) in [4.78, 5) is 0. The molecule has 1 saturated carbocycles. The van der Waals surface area contributed by atoms with Crippen LogP contribution in [-0.2, 0) is 0 Å². The van der Waals surface area contributed by atoms with Gasteiger partial charge in [-0.2, -0.15) is 0 Å². The van der Waals surface area contributed by atoms with E-state index in [-0.39, 0.29) is 6.10 Å². The van der Waals surface area contributed by atoms with Crippen molar-refractivity contribution in [3.05, 3.63) is 17.1 Å². The Balaban J connectivity index is 2.16. The molecule has 1 heterocycles. The van der Waals surface area contributed by atoms with Crippen molar-refractivity contribution in [1.29, 1.82) is 0 Å². The molecule has 0 radical (unpaired) electrons. The second kappa shape index (κ2) is 2.91. The first-order valence-electron chi connectivity index (χ1n) is 3.95. The van der Waals surface area contributed by atoms with Crippen LogP contribution in [0.3, 0.4) is 0 Å². The van der Waals surface area contributed by atoms with Gasteiger partial charge >= 0.3 is 0 Å². The monoisotopic (exact) mass is 169 g/mol. The third-order valence-corrected chi connectivity index (χ3v) is 2.96. The molecule has 11 heavy (non-hydrogen) atoms. The third-order valence-electron chi connectivity index (χ3n) is 2.36. The lowest BCUT2D eigenvalue weighted by atomic mass is 10.00. The van der Waals surface area contributed by atoms with Crippen molar-refractivity contribution in [1.82, 2.24) is 4.37 Å². The summed E-state index contributed by atoms with van der Waals surface area (Å²) >= 11 is 1.47. The van der Waals surface area contributed by atoms with Gasteiger partial charge in [0.25, 0.3) is 0 Å². The lowest BCUT2D eigenvalue weighted by Crippen LogP contribution is -2.09. The minimum absolute atomic E-state index is 0.119. The average Bonchev–Trinajstić information content (AvgIpc) is 2.55. The molecule has 0 unspecified atom stereocenters. The highest BCUT2D eigenvalue weighted by Gasteiger charge is 2.26. The van der Waals surface area contributed by atoms with Gasteiger partial charge in [-0.05, 0) is 29.9 Å². The van der Waals surface area contributed by atoms with Crippen molar-refractivity contribution < 1.29 is 5.11 Å². The zero-order valence-electron chi connectivity index (χ0n) is 6.23. The summed E-state index contributed by atoms with van der Waals surface area (Å²) in [7, 11) is 0. The Morgan fingerprint density at radius 1 is 1.55 bits per heavy atom. The summed E-state index contributed by atoms with van der Waals surface area (Å²) in [6.45, 7) is 0. The number of rotatable bonds is 1. The number of nitrogens with zero attached hydrogens (tertiary/aromatic N) is 1.